The van der Waals surface area contributed by atoms with Crippen LogP contribution in [-0.4, -0.2) is 72.4 Å². The molecule has 186 valence electrons. The third-order valence-corrected chi connectivity index (χ3v) is 6.21. The van der Waals surface area contributed by atoms with Gasteiger partial charge in [0.2, 0.25) is 6.29 Å². The Morgan fingerprint density at radius 1 is 0.853 bits per heavy atom. The molecule has 0 spiro atoms. The number of aliphatic carboxylic acids is 1. The molecule has 1 fully saturated rings. The fourth-order valence-electron chi connectivity index (χ4n) is 3.90. The number of hydrogen-bond donors (Lipinski definition) is 7. The van der Waals surface area contributed by atoms with Crippen LogP contribution in [-0.2, 0) is 22.4 Å². The summed E-state index contributed by atoms with van der Waals surface area (Å²) in [5.74, 6) is -1.87. The van der Waals surface area contributed by atoms with E-state index in [9.17, 15) is 40.5 Å². The smallest absolute Gasteiger partial charge is 0.335 e. The van der Waals surface area contributed by atoms with E-state index in [-0.39, 0.29) is 34.8 Å². The number of rotatable bonds is 8. The van der Waals surface area contributed by atoms with Crippen molar-refractivity contribution in [2.45, 2.75) is 57.4 Å². The number of carboxylic acids is 1. The summed E-state index contributed by atoms with van der Waals surface area (Å²) in [4.78, 5) is 11.3. The van der Waals surface area contributed by atoms with Gasteiger partial charge in [-0.05, 0) is 60.1 Å². The number of phenolic OH excluding ortho intramolecular Hbond substituents is 3. The fourth-order valence-corrected chi connectivity index (χ4v) is 3.90. The summed E-state index contributed by atoms with van der Waals surface area (Å²) < 4.78 is 10.6. The van der Waals surface area contributed by atoms with E-state index in [1.165, 1.54) is 24.3 Å². The minimum atomic E-state index is -1.84. The molecule has 1 aliphatic heterocycles. The molecule has 0 aromatic heterocycles. The number of benzene rings is 2. The van der Waals surface area contributed by atoms with Gasteiger partial charge in [0.25, 0.3) is 0 Å². The minimum Gasteiger partial charge on any atom is -0.504 e. The number of aromatic hydroxyl groups is 3. The Hall–Kier alpha value is -3.05. The minimum absolute atomic E-state index is 0.0717. The van der Waals surface area contributed by atoms with Crippen molar-refractivity contribution in [2.24, 2.45) is 11.8 Å². The standard InChI is InChI=1S/C24H30O10/c1-11(7-13-3-5-15(25)17(27)9-13)12(2)8-14-4-6-16(26)18(10-14)33-24-21(30)19(28)20(29)22(34-24)23(31)32/h3-6,9-12,19-22,24-30H,7-8H2,1-2H3,(H,31,32). The second kappa shape index (κ2) is 10.5. The Balaban J connectivity index is 1.69. The summed E-state index contributed by atoms with van der Waals surface area (Å²) in [6, 6.07) is 9.35. The van der Waals surface area contributed by atoms with Crippen molar-refractivity contribution in [1.29, 1.82) is 0 Å². The molecule has 2 aromatic carbocycles. The fraction of sp³-hybridized carbons (Fsp3) is 0.458. The Bertz CT molecular complexity index is 1010. The number of carboxylic acid groups (broad SMARTS) is 1. The van der Waals surface area contributed by atoms with Crippen LogP contribution >= 0.6 is 0 Å². The van der Waals surface area contributed by atoms with Gasteiger partial charge in [0.15, 0.2) is 29.1 Å². The number of phenols is 3. The Morgan fingerprint density at radius 2 is 1.41 bits per heavy atom. The van der Waals surface area contributed by atoms with Gasteiger partial charge in [-0.25, -0.2) is 4.79 Å². The molecule has 2 aromatic rings. The third kappa shape index (κ3) is 5.71. The highest BCUT2D eigenvalue weighted by Crippen LogP contribution is 2.33. The first-order chi connectivity index (χ1) is 16.0. The molecule has 1 heterocycles. The van der Waals surface area contributed by atoms with Gasteiger partial charge in [-0.3, -0.25) is 0 Å². The molecule has 10 nitrogen and oxygen atoms in total. The van der Waals surface area contributed by atoms with Gasteiger partial charge >= 0.3 is 5.97 Å². The van der Waals surface area contributed by atoms with Crippen molar-refractivity contribution < 1.29 is 50.0 Å². The second-order valence-electron chi connectivity index (χ2n) is 8.84. The lowest BCUT2D eigenvalue weighted by atomic mass is 9.85. The van der Waals surface area contributed by atoms with Crippen LogP contribution in [0.4, 0.5) is 0 Å². The topological polar surface area (TPSA) is 177 Å². The van der Waals surface area contributed by atoms with Gasteiger partial charge in [0.1, 0.15) is 18.3 Å². The largest absolute Gasteiger partial charge is 0.504 e. The number of aliphatic hydroxyl groups is 3. The molecule has 1 aliphatic rings. The van der Waals surface area contributed by atoms with Crippen molar-refractivity contribution >= 4 is 5.97 Å². The molecule has 0 bridgehead atoms. The predicted octanol–water partition coefficient (Wildman–Crippen LogP) is 1.13. The van der Waals surface area contributed by atoms with E-state index in [0.29, 0.717) is 12.8 Å². The van der Waals surface area contributed by atoms with E-state index in [4.69, 9.17) is 9.47 Å². The summed E-state index contributed by atoms with van der Waals surface area (Å²) in [7, 11) is 0. The molecular formula is C24H30O10. The van der Waals surface area contributed by atoms with Crippen molar-refractivity contribution in [3.05, 3.63) is 47.5 Å². The maximum Gasteiger partial charge on any atom is 0.335 e. The lowest BCUT2D eigenvalue weighted by Crippen LogP contribution is -2.61. The monoisotopic (exact) mass is 478 g/mol. The molecule has 7 unspecified atom stereocenters. The molecule has 0 radical (unpaired) electrons. The zero-order valence-electron chi connectivity index (χ0n) is 18.8. The van der Waals surface area contributed by atoms with Crippen LogP contribution in [0.15, 0.2) is 36.4 Å². The Morgan fingerprint density at radius 3 is 1.97 bits per heavy atom. The second-order valence-corrected chi connectivity index (χ2v) is 8.84. The average molecular weight is 478 g/mol. The highest BCUT2D eigenvalue weighted by Gasteiger charge is 2.48. The quantitative estimate of drug-likeness (QED) is 0.272. The highest BCUT2D eigenvalue weighted by molar-refractivity contribution is 5.73. The van der Waals surface area contributed by atoms with Gasteiger partial charge in [-0.1, -0.05) is 26.0 Å². The van der Waals surface area contributed by atoms with Gasteiger partial charge in [0, 0.05) is 0 Å². The maximum atomic E-state index is 11.3. The van der Waals surface area contributed by atoms with Crippen LogP contribution in [0, 0.1) is 11.8 Å². The molecule has 10 heteroatoms. The molecule has 3 rings (SSSR count). The summed E-state index contributed by atoms with van der Waals surface area (Å²) in [5.41, 5.74) is 1.67. The van der Waals surface area contributed by atoms with Crippen LogP contribution in [0.5, 0.6) is 23.0 Å². The predicted molar refractivity (Wildman–Crippen MR) is 119 cm³/mol. The zero-order valence-corrected chi connectivity index (χ0v) is 18.8. The van der Waals surface area contributed by atoms with Crippen LogP contribution in [0.25, 0.3) is 0 Å². The van der Waals surface area contributed by atoms with E-state index in [0.717, 1.165) is 11.1 Å². The van der Waals surface area contributed by atoms with E-state index in [1.54, 1.807) is 12.1 Å². The van der Waals surface area contributed by atoms with Crippen LogP contribution in [0.1, 0.15) is 25.0 Å². The molecule has 0 saturated carbocycles. The first-order valence-corrected chi connectivity index (χ1v) is 10.9. The molecular weight excluding hydrogens is 448 g/mol. The van der Waals surface area contributed by atoms with E-state index in [1.807, 2.05) is 6.92 Å². The lowest BCUT2D eigenvalue weighted by Gasteiger charge is -2.38. The van der Waals surface area contributed by atoms with Gasteiger partial charge in [-0.15, -0.1) is 0 Å². The first kappa shape index (κ1) is 25.6. The van der Waals surface area contributed by atoms with Crippen molar-refractivity contribution in [3.63, 3.8) is 0 Å². The zero-order chi connectivity index (χ0) is 25.2. The van der Waals surface area contributed by atoms with E-state index in [2.05, 4.69) is 6.92 Å². The van der Waals surface area contributed by atoms with E-state index >= 15 is 0 Å². The lowest BCUT2D eigenvalue weighted by molar-refractivity contribution is -0.271. The van der Waals surface area contributed by atoms with Gasteiger partial charge < -0.3 is 45.2 Å². The third-order valence-electron chi connectivity index (χ3n) is 6.21. The molecule has 0 amide bonds. The molecule has 1 saturated heterocycles. The normalized spacial score (nSPS) is 26.6. The highest BCUT2D eigenvalue weighted by atomic mass is 16.7. The summed E-state index contributed by atoms with van der Waals surface area (Å²) in [6.45, 7) is 4.10. The molecule has 0 aliphatic carbocycles. The van der Waals surface area contributed by atoms with Crippen LogP contribution in [0.2, 0.25) is 0 Å². The van der Waals surface area contributed by atoms with Crippen molar-refractivity contribution in [3.8, 4) is 23.0 Å². The SMILES string of the molecule is CC(Cc1ccc(O)c(O)c1)C(C)Cc1ccc(O)c(OC2OC(C(=O)O)C(O)C(O)C2O)c1. The van der Waals surface area contributed by atoms with Gasteiger partial charge in [0.05, 0.1) is 0 Å². The summed E-state index contributed by atoms with van der Waals surface area (Å²) in [6.07, 6.45) is -7.58. The first-order valence-electron chi connectivity index (χ1n) is 10.9. The summed E-state index contributed by atoms with van der Waals surface area (Å²) >= 11 is 0. The number of ether oxygens (including phenoxy) is 2. The molecule has 34 heavy (non-hydrogen) atoms. The molecule has 7 N–H and O–H groups in total. The number of carbonyl (C=O) groups is 1. The molecule has 7 atom stereocenters. The number of hydrogen-bond acceptors (Lipinski definition) is 9. The van der Waals surface area contributed by atoms with Crippen LogP contribution < -0.4 is 4.74 Å². The average Bonchev–Trinajstić information content (AvgIpc) is 2.78. The van der Waals surface area contributed by atoms with E-state index < -0.39 is 36.7 Å². The Labute approximate surface area is 196 Å². The number of aliphatic hydroxyl groups excluding tert-OH is 3. The Kier molecular flexibility index (Phi) is 7.88. The van der Waals surface area contributed by atoms with Crippen LogP contribution in [0.3, 0.4) is 0 Å². The van der Waals surface area contributed by atoms with Gasteiger partial charge in [-0.2, -0.15) is 0 Å². The summed E-state index contributed by atoms with van der Waals surface area (Å²) in [5, 5.41) is 68.4. The van der Waals surface area contributed by atoms with Crippen molar-refractivity contribution in [2.75, 3.05) is 0 Å². The van der Waals surface area contributed by atoms with Crippen molar-refractivity contribution in [1.82, 2.24) is 0 Å². The maximum absolute atomic E-state index is 11.3.